The Kier molecular flexibility index (Phi) is 48.5. The van der Waals surface area contributed by atoms with E-state index in [4.69, 9.17) is 11.5 Å². The number of fused-ring (bicyclic) bond motifs is 1. The van der Waals surface area contributed by atoms with E-state index in [0.29, 0.717) is 59.7 Å². The van der Waals surface area contributed by atoms with Crippen LogP contribution in [0.2, 0.25) is 0 Å². The van der Waals surface area contributed by atoms with Crippen LogP contribution in [0, 0.1) is 23.7 Å². The number of phenols is 1. The summed E-state index contributed by atoms with van der Waals surface area (Å²) < 4.78 is 0. The molecular weight excluding hydrogens is 1810 g/mol. The van der Waals surface area contributed by atoms with Gasteiger partial charge in [-0.1, -0.05) is 134 Å². The van der Waals surface area contributed by atoms with Crippen molar-refractivity contribution in [2.75, 3.05) is 6.54 Å². The summed E-state index contributed by atoms with van der Waals surface area (Å²) in [5.41, 5.74) is 12.9. The highest BCUT2D eigenvalue weighted by molar-refractivity contribution is 6.41. The fourth-order valence-electron chi connectivity index (χ4n) is 15.5. The molecule has 2 heterocycles. The fraction of sp³-hybridized carbons (Fsp3) is 0.576. The molecule has 0 bridgehead atoms. The van der Waals surface area contributed by atoms with Crippen molar-refractivity contribution in [2.24, 2.45) is 35.1 Å². The van der Waals surface area contributed by atoms with Crippen LogP contribution >= 0.6 is 0 Å². The molecule has 41 heteroatoms. The third-order valence-electron chi connectivity index (χ3n) is 24.1. The van der Waals surface area contributed by atoms with E-state index in [1.165, 1.54) is 107 Å². The van der Waals surface area contributed by atoms with Gasteiger partial charge in [0.25, 0.3) is 0 Å². The number of carboxylic acids is 1. The van der Waals surface area contributed by atoms with E-state index >= 15 is 28.8 Å². The molecular formula is C99H148N18O23. The number of aromatic hydroxyl groups is 1. The summed E-state index contributed by atoms with van der Waals surface area (Å²) in [6, 6.07) is 2.11. The Morgan fingerprint density at radius 1 is 0.557 bits per heavy atom. The van der Waals surface area contributed by atoms with Crippen LogP contribution in [-0.4, -0.2) is 240 Å². The number of allylic oxidation sites excluding steroid dienone is 2. The predicted molar refractivity (Wildman–Crippen MR) is 521 cm³/mol. The summed E-state index contributed by atoms with van der Waals surface area (Å²) in [5.74, 6) is -21.6. The lowest BCUT2D eigenvalue weighted by atomic mass is 9.89. The van der Waals surface area contributed by atoms with Crippen molar-refractivity contribution >= 4 is 128 Å². The number of carbonyl (C=O) groups excluding carboxylic acids is 19. The van der Waals surface area contributed by atoms with Crippen LogP contribution in [-0.2, 0) is 115 Å². The molecule has 4 aromatic rings. The number of Topliss-reactive ketones (excluding diaryl/α,β-unsaturated/α-hetero) is 5. The molecule has 17 atom stereocenters. The van der Waals surface area contributed by atoms with Crippen LogP contribution in [0.25, 0.3) is 10.9 Å². The van der Waals surface area contributed by atoms with Gasteiger partial charge in [-0.15, -0.1) is 0 Å². The monoisotopic (exact) mass is 1960 g/mol. The second-order valence-electron chi connectivity index (χ2n) is 38.0. The second kappa shape index (κ2) is 56.9. The van der Waals surface area contributed by atoms with Crippen molar-refractivity contribution in [1.82, 2.24) is 85.0 Å². The Labute approximate surface area is 817 Å². The van der Waals surface area contributed by atoms with Crippen LogP contribution in [0.15, 0.2) is 97.2 Å². The fourth-order valence-corrected chi connectivity index (χ4v) is 15.5. The number of hydrazine groups is 1. The molecule has 0 saturated heterocycles. The number of amides is 14. The molecule has 0 radical (unpaired) electrons. The molecule has 1 aliphatic rings. The topological polar surface area (TPSA) is 650 Å². The Balaban J connectivity index is 0.0000409. The largest absolute Gasteiger partial charge is 0.508 e. The van der Waals surface area contributed by atoms with Crippen LogP contribution in [0.5, 0.6) is 5.75 Å². The number of nitrogens with two attached hydrogens (primary N) is 2. The van der Waals surface area contributed by atoms with Gasteiger partial charge in [0, 0.05) is 75.0 Å². The van der Waals surface area contributed by atoms with Crippen LogP contribution in [0.4, 0.5) is 0 Å². The van der Waals surface area contributed by atoms with E-state index in [-0.39, 0.29) is 89.3 Å². The molecule has 0 spiro atoms. The zero-order chi connectivity index (χ0) is 104. The number of H-pyrrole nitrogens is 1. The first kappa shape index (κ1) is 119. The number of hydrogen-bond donors (Lipinski definition) is 21. The minimum atomic E-state index is -2.08. The number of aliphatic carboxylic acids is 1. The highest BCUT2D eigenvalue weighted by Gasteiger charge is 2.44. The normalized spacial score (nSPS) is 21.7. The summed E-state index contributed by atoms with van der Waals surface area (Å²) in [6.07, 6.45) is 2.64. The Bertz CT molecular complexity index is 5020. The molecule has 140 heavy (non-hydrogen) atoms. The number of hydrogen-bond acceptors (Lipinski definition) is 25. The Morgan fingerprint density at radius 3 is 1.73 bits per heavy atom. The van der Waals surface area contributed by atoms with Gasteiger partial charge in [-0.05, 0) is 180 Å². The molecule has 0 saturated carbocycles. The first-order valence-electron chi connectivity index (χ1n) is 47.3. The SMILES string of the molecule is C.CC(=O)N[C@@H](CC(C)C)C(=O)N[C@H](C(=O)N[C@@H](Cc1ccccc1)C(=O)N[C@]1(C)CCCCCC/C=C/CCC[C@@](C)(C(=O)N[C@@H](C)C(=O)NC(C)C(=O)N[C@@H](C)C(=O)C(=O)[C@H](C)NNC(C)(C)C(=O)C[C@H](C)C(N)=O)NC(=O)[C@H](CC(C)C)CN[C@@H](CCC(N)=O)C(=O)C(=O)[C@H](C)NC(=O)[C@H](Cc2c[nH]c3ccccc23)NC(=O)C(Cc2ccc(O)cc2)NC(=O)[C@H](CCC(=O)O)NC1=O)[C@@H](C)O. The second-order valence-corrected chi connectivity index (χ2v) is 38.0. The van der Waals surface area contributed by atoms with E-state index < -0.39 is 257 Å². The number of carbonyl (C=O) groups is 20. The van der Waals surface area contributed by atoms with Crippen molar-refractivity contribution < 1.29 is 111 Å². The van der Waals surface area contributed by atoms with Gasteiger partial charge >= 0.3 is 5.97 Å². The Morgan fingerprint density at radius 2 is 1.13 bits per heavy atom. The highest BCUT2D eigenvalue weighted by atomic mass is 16.4. The minimum absolute atomic E-state index is 0. The molecule has 1 aromatic heterocycles. The molecule has 0 aliphatic carbocycles. The van der Waals surface area contributed by atoms with E-state index in [2.05, 4.69) is 85.0 Å². The molecule has 41 nitrogen and oxygen atoms in total. The first-order valence-corrected chi connectivity index (χ1v) is 47.3. The van der Waals surface area contributed by atoms with E-state index in [1.807, 2.05) is 12.2 Å². The number of rotatable bonds is 40. The highest BCUT2D eigenvalue weighted by Crippen LogP contribution is 2.26. The van der Waals surface area contributed by atoms with Gasteiger partial charge in [0.2, 0.25) is 106 Å². The van der Waals surface area contributed by atoms with E-state index in [0.717, 1.165) is 0 Å². The van der Waals surface area contributed by atoms with Crippen molar-refractivity contribution in [3.8, 4) is 5.75 Å². The lowest BCUT2D eigenvalue weighted by molar-refractivity contribution is -0.140. The lowest BCUT2D eigenvalue weighted by Gasteiger charge is -2.34. The average Bonchev–Trinajstić information content (AvgIpc) is 1.35. The molecule has 3 aromatic carbocycles. The Hall–Kier alpha value is -13.0. The summed E-state index contributed by atoms with van der Waals surface area (Å²) >= 11 is 0. The van der Waals surface area contributed by atoms with Gasteiger partial charge in [-0.2, -0.15) is 0 Å². The van der Waals surface area contributed by atoms with Gasteiger partial charge in [-0.3, -0.25) is 95.9 Å². The van der Waals surface area contributed by atoms with Crippen molar-refractivity contribution in [2.45, 2.75) is 335 Å². The average molecular weight is 1960 g/mol. The summed E-state index contributed by atoms with van der Waals surface area (Å²) in [4.78, 5) is 284. The number of nitrogens with one attached hydrogen (secondary N) is 16. The van der Waals surface area contributed by atoms with Crippen molar-refractivity contribution in [3.63, 3.8) is 0 Å². The quantitative estimate of drug-likeness (QED) is 0.0172. The maximum atomic E-state index is 15.6. The first-order chi connectivity index (χ1) is 65.1. The van der Waals surface area contributed by atoms with Gasteiger partial charge < -0.3 is 101 Å². The number of aliphatic hydroxyl groups is 1. The maximum absolute atomic E-state index is 15.6. The smallest absolute Gasteiger partial charge is 0.303 e. The molecule has 1 aliphatic heterocycles. The summed E-state index contributed by atoms with van der Waals surface area (Å²) in [6.45, 7) is 22.8. The van der Waals surface area contributed by atoms with Gasteiger partial charge in [0.15, 0.2) is 5.78 Å². The number of benzene rings is 3. The van der Waals surface area contributed by atoms with E-state index in [1.54, 1.807) is 88.5 Å². The molecule has 2 unspecified atom stereocenters. The van der Waals surface area contributed by atoms with Crippen LogP contribution < -0.4 is 91.4 Å². The van der Waals surface area contributed by atoms with Crippen LogP contribution in [0.1, 0.15) is 238 Å². The van der Waals surface area contributed by atoms with E-state index in [9.17, 15) is 82.4 Å². The molecule has 23 N–H and O–H groups in total. The van der Waals surface area contributed by atoms with Gasteiger partial charge in [0.05, 0.1) is 41.7 Å². The lowest BCUT2D eigenvalue weighted by Crippen LogP contribution is -2.65. The zero-order valence-corrected chi connectivity index (χ0v) is 82.4. The minimum Gasteiger partial charge on any atom is -0.508 e. The number of para-hydroxylation sites is 1. The molecule has 0 fully saturated rings. The summed E-state index contributed by atoms with van der Waals surface area (Å²) in [5, 5.41) is 66.8. The predicted octanol–water partition coefficient (Wildman–Crippen LogP) is 2.11. The zero-order valence-electron chi connectivity index (χ0n) is 82.4. The number of aliphatic hydroxyl groups excluding tert-OH is 1. The number of aromatic nitrogens is 1. The standard InChI is InChI=1S/C98H144N18O23.CH4/c1-53(2)45-66-52-102-70(39-41-77(99)121)83(127)81(125)57(7)104-89(133)75(50-65-51-101-69-34-28-27-33-68(65)69)109-90(134)73(49-64-35-37-67(119)38-36-64)108-88(132)71(40-42-78(122)123)111-95(139)98(16,114-92(136)74(48-63-31-25-24-26-32-63)110-93(137)79(61(11)117)112-91(135)72(46-54(3)4)107-62(12)118)44-30-23-21-19-17-18-20-22-29-43-97(15,113-87(66)131)94(138)106-60(10)86(130)105-59(9)85(129)103-56(6)80(124)82(126)58(8)115-116-96(13,14)76(120)47-55(5)84(100)128;/h18,20,24-28,31-38,51,53-61,66,70-75,79,101-102,115-117,119H,17,19,21-23,29-30,39-50,52H2,1-16H3,(H2,99,121)(H2,100,128)(H,103,129)(H,104,133)(H,105,130)(H,106,138)(H,107,118)(H,108,132)(H,109,134)(H,110,137)(H,111,139)(H,112,135)(H,113,131)(H,114,136)(H,122,123);1H4/b20-18+;/t55-,56-,57-,58-,59?,60-,61+,66+,70-,71-,72-,73?,74-,75-,79-,97-,98+;/m0./s1. The molecule has 14 amide bonds. The summed E-state index contributed by atoms with van der Waals surface area (Å²) in [7, 11) is 0. The molecule has 772 valence electrons. The number of phenolic OH excluding ortho intramolecular Hbond substituents is 1. The molecule has 5 rings (SSSR count). The van der Waals surface area contributed by atoms with Crippen LogP contribution in [0.3, 0.4) is 0 Å². The van der Waals surface area contributed by atoms with Crippen molar-refractivity contribution in [3.05, 3.63) is 114 Å². The number of aromatic amines is 1. The number of ketones is 5. The van der Waals surface area contributed by atoms with Crippen molar-refractivity contribution in [1.29, 1.82) is 0 Å². The van der Waals surface area contributed by atoms with Gasteiger partial charge in [-0.25, -0.2) is 10.9 Å². The van der Waals surface area contributed by atoms with Gasteiger partial charge in [0.1, 0.15) is 65.2 Å². The third kappa shape index (κ3) is 39.0. The number of carboxylic acid groups (broad SMARTS) is 1. The number of primary amides is 2. The maximum Gasteiger partial charge on any atom is 0.303 e. The third-order valence-corrected chi connectivity index (χ3v) is 24.1.